The Morgan fingerprint density at radius 1 is 1.59 bits per heavy atom. The summed E-state index contributed by atoms with van der Waals surface area (Å²) >= 11 is 0. The Balaban J connectivity index is 2.62. The third-order valence-corrected chi connectivity index (χ3v) is 3.15. The van der Waals surface area contributed by atoms with Gasteiger partial charge in [0.15, 0.2) is 0 Å². The van der Waals surface area contributed by atoms with Crippen LogP contribution in [0.1, 0.15) is 18.9 Å². The first-order valence-electron chi connectivity index (χ1n) is 5.29. The maximum Gasteiger partial charge on any atom is 0.147 e. The Morgan fingerprint density at radius 3 is 2.82 bits per heavy atom. The van der Waals surface area contributed by atoms with Gasteiger partial charge in [0.1, 0.15) is 5.82 Å². The Bertz CT molecular complexity index is 456. The lowest BCUT2D eigenvalue weighted by atomic mass is 10.2. The van der Waals surface area contributed by atoms with Crippen molar-refractivity contribution in [3.05, 3.63) is 29.6 Å². The molecule has 0 fully saturated rings. The van der Waals surface area contributed by atoms with E-state index in [4.69, 9.17) is 5.26 Å². The van der Waals surface area contributed by atoms with Crippen LogP contribution in [0.5, 0.6) is 0 Å². The van der Waals surface area contributed by atoms with E-state index in [1.54, 1.807) is 18.4 Å². The fourth-order valence-electron chi connectivity index (χ4n) is 1.38. The molecule has 0 aliphatic heterocycles. The zero-order valence-corrected chi connectivity index (χ0v) is 10.7. The van der Waals surface area contributed by atoms with Crippen molar-refractivity contribution >= 4 is 16.5 Å². The van der Waals surface area contributed by atoms with Crippen LogP contribution in [0, 0.1) is 17.1 Å². The predicted octanol–water partition coefficient (Wildman–Crippen LogP) is 2.27. The van der Waals surface area contributed by atoms with Crippen molar-refractivity contribution in [2.24, 2.45) is 0 Å². The highest BCUT2D eigenvalue weighted by molar-refractivity contribution is 7.84. The average Bonchev–Trinajstić information content (AvgIpc) is 2.29. The Kier molecular flexibility index (Phi) is 5.11. The zero-order chi connectivity index (χ0) is 12.8. The monoisotopic (exact) mass is 254 g/mol. The van der Waals surface area contributed by atoms with Gasteiger partial charge in [-0.25, -0.2) is 4.39 Å². The Morgan fingerprint density at radius 2 is 2.29 bits per heavy atom. The Labute approximate surface area is 103 Å². The van der Waals surface area contributed by atoms with Crippen molar-refractivity contribution in [3.8, 4) is 6.07 Å². The van der Waals surface area contributed by atoms with Crippen molar-refractivity contribution in [1.82, 2.24) is 0 Å². The number of hydrogen-bond acceptors (Lipinski definition) is 3. The largest absolute Gasteiger partial charge is 0.380 e. The molecule has 0 spiro atoms. The minimum Gasteiger partial charge on any atom is -0.380 e. The summed E-state index contributed by atoms with van der Waals surface area (Å²) < 4.78 is 24.4. The van der Waals surface area contributed by atoms with Crippen LogP contribution in [0.2, 0.25) is 0 Å². The number of benzene rings is 1. The van der Waals surface area contributed by atoms with Gasteiger partial charge >= 0.3 is 0 Å². The normalized spacial score (nSPS) is 13.8. The summed E-state index contributed by atoms with van der Waals surface area (Å²) in [6.07, 6.45) is 2.36. The zero-order valence-electron chi connectivity index (χ0n) is 9.87. The first-order chi connectivity index (χ1) is 8.02. The molecule has 2 unspecified atom stereocenters. The first-order valence-corrected chi connectivity index (χ1v) is 7.02. The second-order valence-corrected chi connectivity index (χ2v) is 5.47. The highest BCUT2D eigenvalue weighted by atomic mass is 32.2. The fourth-order valence-corrected chi connectivity index (χ4v) is 2.07. The summed E-state index contributed by atoms with van der Waals surface area (Å²) in [6, 6.07) is 6.24. The SMILES string of the molecule is CC(CCS(C)=O)Nc1ccc(C#N)cc1F. The van der Waals surface area contributed by atoms with Crippen molar-refractivity contribution in [2.75, 3.05) is 17.3 Å². The lowest BCUT2D eigenvalue weighted by Gasteiger charge is -2.15. The molecule has 1 aromatic carbocycles. The van der Waals surface area contributed by atoms with E-state index in [1.165, 1.54) is 6.07 Å². The van der Waals surface area contributed by atoms with Crippen molar-refractivity contribution in [1.29, 1.82) is 5.26 Å². The van der Waals surface area contributed by atoms with E-state index < -0.39 is 16.6 Å². The number of rotatable bonds is 5. The topological polar surface area (TPSA) is 52.9 Å². The summed E-state index contributed by atoms with van der Waals surface area (Å²) in [5.41, 5.74) is 0.675. The van der Waals surface area contributed by atoms with E-state index in [9.17, 15) is 8.60 Å². The first kappa shape index (κ1) is 13.7. The Hall–Kier alpha value is -1.41. The number of nitriles is 1. The summed E-state index contributed by atoms with van der Waals surface area (Å²) in [4.78, 5) is 0. The lowest BCUT2D eigenvalue weighted by Crippen LogP contribution is -2.18. The van der Waals surface area contributed by atoms with Crippen LogP contribution in [-0.4, -0.2) is 22.3 Å². The van der Waals surface area contributed by atoms with Crippen LogP contribution in [0.25, 0.3) is 0 Å². The predicted molar refractivity (Wildman–Crippen MR) is 67.8 cm³/mol. The molecule has 0 amide bonds. The standard InChI is InChI=1S/C12H15FN2OS/c1-9(5-6-17(2)16)15-12-4-3-10(8-14)7-11(12)13/h3-4,7,9,15H,5-6H2,1-2H3. The highest BCUT2D eigenvalue weighted by Gasteiger charge is 2.07. The van der Waals surface area contributed by atoms with Gasteiger partial charge in [-0.3, -0.25) is 4.21 Å². The smallest absolute Gasteiger partial charge is 0.147 e. The number of anilines is 1. The van der Waals surface area contributed by atoms with E-state index >= 15 is 0 Å². The number of hydrogen-bond donors (Lipinski definition) is 1. The number of nitrogens with one attached hydrogen (secondary N) is 1. The second kappa shape index (κ2) is 6.36. The summed E-state index contributed by atoms with van der Waals surface area (Å²) in [6.45, 7) is 1.91. The second-order valence-electron chi connectivity index (χ2n) is 3.92. The van der Waals surface area contributed by atoms with Crippen molar-refractivity contribution < 1.29 is 8.60 Å². The quantitative estimate of drug-likeness (QED) is 0.877. The average molecular weight is 254 g/mol. The minimum atomic E-state index is -0.831. The molecule has 1 aromatic rings. The van der Waals surface area contributed by atoms with E-state index in [-0.39, 0.29) is 6.04 Å². The van der Waals surface area contributed by atoms with Gasteiger partial charge in [-0.2, -0.15) is 5.26 Å². The van der Waals surface area contributed by atoms with E-state index in [1.807, 2.05) is 13.0 Å². The van der Waals surface area contributed by atoms with Gasteiger partial charge in [0.05, 0.1) is 17.3 Å². The fraction of sp³-hybridized carbons (Fsp3) is 0.417. The van der Waals surface area contributed by atoms with Crippen molar-refractivity contribution in [2.45, 2.75) is 19.4 Å². The van der Waals surface area contributed by atoms with Gasteiger partial charge in [-0.05, 0) is 31.5 Å². The van der Waals surface area contributed by atoms with Gasteiger partial charge < -0.3 is 5.32 Å². The molecular formula is C12H15FN2OS. The van der Waals surface area contributed by atoms with Gasteiger partial charge in [-0.15, -0.1) is 0 Å². The van der Waals surface area contributed by atoms with Crippen LogP contribution >= 0.6 is 0 Å². The molecule has 0 heterocycles. The van der Waals surface area contributed by atoms with E-state index in [2.05, 4.69) is 5.32 Å². The molecule has 0 aliphatic rings. The van der Waals surface area contributed by atoms with Crippen LogP contribution < -0.4 is 5.32 Å². The summed E-state index contributed by atoms with van der Waals surface area (Å²) in [7, 11) is -0.831. The molecule has 92 valence electrons. The van der Waals surface area contributed by atoms with Gasteiger partial charge in [0.25, 0.3) is 0 Å². The molecule has 2 atom stereocenters. The van der Waals surface area contributed by atoms with Crippen LogP contribution in [0.4, 0.5) is 10.1 Å². The highest BCUT2D eigenvalue weighted by Crippen LogP contribution is 2.17. The summed E-state index contributed by atoms with van der Waals surface area (Å²) in [5, 5.41) is 11.6. The van der Waals surface area contributed by atoms with Gasteiger partial charge in [0.2, 0.25) is 0 Å². The third-order valence-electron chi connectivity index (χ3n) is 2.34. The van der Waals surface area contributed by atoms with E-state index in [0.29, 0.717) is 23.4 Å². The maximum atomic E-state index is 13.5. The molecule has 1 rings (SSSR count). The van der Waals surface area contributed by atoms with Crippen LogP contribution in [-0.2, 0) is 10.8 Å². The molecule has 5 heteroatoms. The molecule has 0 aromatic heterocycles. The third kappa shape index (κ3) is 4.53. The summed E-state index contributed by atoms with van der Waals surface area (Å²) in [5.74, 6) is 0.153. The van der Waals surface area contributed by atoms with Crippen molar-refractivity contribution in [3.63, 3.8) is 0 Å². The molecule has 0 bridgehead atoms. The molecule has 17 heavy (non-hydrogen) atoms. The van der Waals surface area contributed by atoms with E-state index in [0.717, 1.165) is 0 Å². The minimum absolute atomic E-state index is 0.0429. The van der Waals surface area contributed by atoms with Gasteiger partial charge in [-0.1, -0.05) is 0 Å². The number of nitrogens with zero attached hydrogens (tertiary/aromatic N) is 1. The molecule has 0 saturated carbocycles. The lowest BCUT2D eigenvalue weighted by molar-refractivity contribution is 0.624. The molecule has 3 nitrogen and oxygen atoms in total. The molecule has 0 aliphatic carbocycles. The van der Waals surface area contributed by atoms with Gasteiger partial charge in [0, 0.05) is 28.9 Å². The molecule has 1 N–H and O–H groups in total. The molecule has 0 radical (unpaired) electrons. The molecule has 0 saturated heterocycles. The maximum absolute atomic E-state index is 13.5. The van der Waals surface area contributed by atoms with Crippen LogP contribution in [0.15, 0.2) is 18.2 Å². The molecular weight excluding hydrogens is 239 g/mol. The number of halogens is 1. The van der Waals surface area contributed by atoms with Crippen LogP contribution in [0.3, 0.4) is 0 Å².